The monoisotopic (exact) mass is 868 g/mol. The molecule has 2 heteroatoms. The molecule has 4 aromatic carbocycles. The molecular weight excluding hydrogens is 806 g/mol. The number of aryl methyl sites for hydroxylation is 2. The van der Waals surface area contributed by atoms with Gasteiger partial charge in [0.1, 0.15) is 0 Å². The van der Waals surface area contributed by atoms with Crippen molar-refractivity contribution in [3.05, 3.63) is 86.0 Å². The second-order valence-corrected chi connectivity index (χ2v) is 16.8. The molecule has 0 saturated carbocycles. The van der Waals surface area contributed by atoms with Gasteiger partial charge in [-0.15, -0.1) is 0 Å². The Morgan fingerprint density at radius 3 is 0.875 bits per heavy atom. The van der Waals surface area contributed by atoms with Crippen molar-refractivity contribution in [3.63, 3.8) is 0 Å². The first kappa shape index (κ1) is 38.1. The molecule has 0 aromatic heterocycles. The molecule has 0 saturated heterocycles. The molecule has 0 aliphatic heterocycles. The number of rotatable bonds is 16. The fraction of sp³-hybridized carbons (Fsp3) is 0.565. The third kappa shape index (κ3) is 7.02. The minimum atomic E-state index is 1.11. The summed E-state index contributed by atoms with van der Waals surface area (Å²) < 4.78 is 3.04. The molecule has 0 nitrogen and oxygen atoms in total. The third-order valence-electron chi connectivity index (χ3n) is 11.2. The molecule has 0 radical (unpaired) electrons. The zero-order valence-electron chi connectivity index (χ0n) is 31.6. The quantitative estimate of drug-likeness (QED) is 0.0685. The Hall–Kier alpha value is -1.14. The standard InChI is InChI=1S/C46H62I2/c1-9-17-29-30(18-10-2)34(22-14-6)38-26-42-41(25-37(38)33(29)21-13-5)45(47)43-27-39-35(23-15-7)31(19-11-3)32(20-12-4)36(24-16-8)40(39)28-44(43)46(42)48/h25-26H,9-24,27-28H2,1-8H3. The lowest BCUT2D eigenvalue weighted by molar-refractivity contribution is 0.773. The van der Waals surface area contributed by atoms with Gasteiger partial charge in [-0.05, 0) is 210 Å². The second-order valence-electron chi connectivity index (χ2n) is 14.7. The van der Waals surface area contributed by atoms with Gasteiger partial charge in [-0.2, -0.15) is 0 Å². The Balaban J connectivity index is 1.86. The van der Waals surface area contributed by atoms with Crippen LogP contribution in [0.15, 0.2) is 12.1 Å². The van der Waals surface area contributed by atoms with Gasteiger partial charge < -0.3 is 0 Å². The van der Waals surface area contributed by atoms with E-state index in [2.05, 4.69) is 113 Å². The molecule has 1 aliphatic carbocycles. The third-order valence-corrected chi connectivity index (χ3v) is 13.6. The van der Waals surface area contributed by atoms with Crippen molar-refractivity contribution in [2.45, 2.75) is 171 Å². The molecule has 1 aliphatic rings. The first-order chi connectivity index (χ1) is 23.3. The van der Waals surface area contributed by atoms with Crippen molar-refractivity contribution in [1.29, 1.82) is 0 Å². The van der Waals surface area contributed by atoms with Gasteiger partial charge in [0.2, 0.25) is 0 Å². The van der Waals surface area contributed by atoms with Crippen molar-refractivity contribution < 1.29 is 0 Å². The van der Waals surface area contributed by atoms with Crippen LogP contribution in [0, 0.1) is 7.14 Å². The molecule has 0 amide bonds. The fourth-order valence-electron chi connectivity index (χ4n) is 9.37. The number of hydrogen-bond acceptors (Lipinski definition) is 0. The van der Waals surface area contributed by atoms with Gasteiger partial charge in [-0.25, -0.2) is 0 Å². The normalized spacial score (nSPS) is 12.7. The predicted octanol–water partition coefficient (Wildman–Crippen LogP) is 14.3. The van der Waals surface area contributed by atoms with Crippen molar-refractivity contribution in [1.82, 2.24) is 0 Å². The Labute approximate surface area is 321 Å². The van der Waals surface area contributed by atoms with E-state index in [-0.39, 0.29) is 0 Å². The average molecular weight is 869 g/mol. The zero-order valence-corrected chi connectivity index (χ0v) is 36.0. The van der Waals surface area contributed by atoms with Crippen LogP contribution in [0.1, 0.15) is 174 Å². The predicted molar refractivity (Wildman–Crippen MR) is 231 cm³/mol. The molecule has 0 fully saturated rings. The van der Waals surface area contributed by atoms with Gasteiger partial charge in [0.15, 0.2) is 0 Å². The summed E-state index contributed by atoms with van der Waals surface area (Å²) in [5.74, 6) is 0. The van der Waals surface area contributed by atoms with Crippen molar-refractivity contribution >= 4 is 66.7 Å². The maximum absolute atomic E-state index is 2.77. The van der Waals surface area contributed by atoms with Gasteiger partial charge in [0.25, 0.3) is 0 Å². The first-order valence-corrected chi connectivity index (χ1v) is 22.1. The van der Waals surface area contributed by atoms with Crippen LogP contribution in [-0.4, -0.2) is 0 Å². The molecule has 0 atom stereocenters. The van der Waals surface area contributed by atoms with E-state index in [0.29, 0.717) is 0 Å². The van der Waals surface area contributed by atoms with Gasteiger partial charge in [0.05, 0.1) is 0 Å². The van der Waals surface area contributed by atoms with Crippen LogP contribution in [0.5, 0.6) is 0 Å². The SMILES string of the molecule is CCCc1c(CCC)c(CCC)c2c(c1CCC)Cc1c(c(I)c3cc4c(CCC)c(CCC)c(CCC)c(CCC)c4cc3c1I)C2. The van der Waals surface area contributed by atoms with Crippen molar-refractivity contribution in [3.8, 4) is 0 Å². The van der Waals surface area contributed by atoms with E-state index >= 15 is 0 Å². The highest BCUT2D eigenvalue weighted by atomic mass is 127. The molecular formula is C46H62I2. The second kappa shape index (κ2) is 17.4. The van der Waals surface area contributed by atoms with E-state index in [9.17, 15) is 0 Å². The van der Waals surface area contributed by atoms with Crippen LogP contribution in [-0.2, 0) is 64.2 Å². The zero-order chi connectivity index (χ0) is 34.5. The Morgan fingerprint density at radius 2 is 0.583 bits per heavy atom. The van der Waals surface area contributed by atoms with Crippen LogP contribution < -0.4 is 0 Å². The lowest BCUT2D eigenvalue weighted by Crippen LogP contribution is -2.20. The highest BCUT2D eigenvalue weighted by molar-refractivity contribution is 14.1. The average Bonchev–Trinajstić information content (AvgIpc) is 3.08. The van der Waals surface area contributed by atoms with E-state index in [1.54, 1.807) is 77.5 Å². The van der Waals surface area contributed by atoms with E-state index in [4.69, 9.17) is 0 Å². The summed E-state index contributed by atoms with van der Waals surface area (Å²) in [5, 5.41) is 6.13. The van der Waals surface area contributed by atoms with E-state index in [1.807, 2.05) is 0 Å². The number of fused-ring (bicyclic) bond motifs is 4. The molecule has 0 heterocycles. The Bertz CT molecular complexity index is 1640. The lowest BCUT2D eigenvalue weighted by atomic mass is 9.73. The van der Waals surface area contributed by atoms with Gasteiger partial charge in [-0.3, -0.25) is 0 Å². The van der Waals surface area contributed by atoms with Gasteiger partial charge in [0, 0.05) is 7.14 Å². The van der Waals surface area contributed by atoms with E-state index in [0.717, 1.165) is 12.8 Å². The molecule has 0 unspecified atom stereocenters. The lowest BCUT2D eigenvalue weighted by Gasteiger charge is -2.32. The van der Waals surface area contributed by atoms with Gasteiger partial charge >= 0.3 is 0 Å². The number of halogens is 2. The van der Waals surface area contributed by atoms with Crippen LogP contribution in [0.25, 0.3) is 21.5 Å². The van der Waals surface area contributed by atoms with Gasteiger partial charge in [-0.1, -0.05) is 107 Å². The van der Waals surface area contributed by atoms with Crippen LogP contribution in [0.3, 0.4) is 0 Å². The highest BCUT2D eigenvalue weighted by Gasteiger charge is 2.30. The topological polar surface area (TPSA) is 0 Å². The number of benzene rings is 4. The summed E-state index contributed by atoms with van der Waals surface area (Å²) in [5.41, 5.74) is 20.4. The maximum Gasteiger partial charge on any atom is 0.0248 e. The van der Waals surface area contributed by atoms with Crippen LogP contribution >= 0.6 is 45.2 Å². The smallest absolute Gasteiger partial charge is 0.0248 e. The first-order valence-electron chi connectivity index (χ1n) is 19.9. The minimum absolute atomic E-state index is 1.11. The van der Waals surface area contributed by atoms with E-state index < -0.39 is 0 Å². The van der Waals surface area contributed by atoms with Crippen LogP contribution in [0.4, 0.5) is 0 Å². The maximum atomic E-state index is 2.77. The summed E-state index contributed by atoms with van der Waals surface area (Å²) in [6.45, 7) is 19.1. The summed E-state index contributed by atoms with van der Waals surface area (Å²) in [4.78, 5) is 0. The molecule has 0 spiro atoms. The molecule has 48 heavy (non-hydrogen) atoms. The summed E-state index contributed by atoms with van der Waals surface area (Å²) in [6, 6.07) is 5.34. The van der Waals surface area contributed by atoms with Crippen LogP contribution in [0.2, 0.25) is 0 Å². The largest absolute Gasteiger partial charge is 0.0651 e. The Morgan fingerprint density at radius 1 is 0.333 bits per heavy atom. The van der Waals surface area contributed by atoms with Crippen molar-refractivity contribution in [2.24, 2.45) is 0 Å². The molecule has 0 N–H and O–H groups in total. The molecule has 260 valence electrons. The van der Waals surface area contributed by atoms with Crippen molar-refractivity contribution in [2.75, 3.05) is 0 Å². The van der Waals surface area contributed by atoms with E-state index in [1.165, 1.54) is 121 Å². The fourth-order valence-corrected chi connectivity index (χ4v) is 11.3. The molecule has 4 aromatic rings. The Kier molecular flexibility index (Phi) is 13.8. The molecule has 5 rings (SSSR count). The summed E-state index contributed by atoms with van der Waals surface area (Å²) >= 11 is 5.55. The minimum Gasteiger partial charge on any atom is -0.0651 e. The highest BCUT2D eigenvalue weighted by Crippen LogP contribution is 2.46. The molecule has 0 bridgehead atoms. The number of hydrogen-bond donors (Lipinski definition) is 0. The summed E-state index contributed by atoms with van der Waals surface area (Å²) in [7, 11) is 0. The summed E-state index contributed by atoms with van der Waals surface area (Å²) in [6.07, 6.45) is 21.7.